The lowest BCUT2D eigenvalue weighted by atomic mass is 9.79. The predicted molar refractivity (Wildman–Crippen MR) is 87.2 cm³/mol. The molecule has 0 bridgehead atoms. The lowest BCUT2D eigenvalue weighted by Gasteiger charge is -2.37. The summed E-state index contributed by atoms with van der Waals surface area (Å²) in [5.74, 6) is 0.258. The minimum Gasteiger partial charge on any atom is -0.353 e. The Morgan fingerprint density at radius 3 is 2.35 bits per heavy atom. The molecule has 0 spiro atoms. The summed E-state index contributed by atoms with van der Waals surface area (Å²) in [4.78, 5) is 12.3. The standard InChI is InChI=1S/C16H30N2OS/c1-17-16(10-4-3-5-11-16)12-15(19)18-13-6-8-14(20-2)9-7-13/h13-14,17H,3-12H2,1-2H3,(H,18,19). The number of thioether (sulfide) groups is 1. The summed E-state index contributed by atoms with van der Waals surface area (Å²) in [5.41, 5.74) is 0.0683. The second-order valence-corrected chi connectivity index (χ2v) is 7.68. The molecule has 0 aromatic rings. The van der Waals surface area contributed by atoms with Crippen molar-refractivity contribution in [2.45, 2.75) is 81.0 Å². The normalized spacial score (nSPS) is 29.9. The number of hydrogen-bond acceptors (Lipinski definition) is 3. The Morgan fingerprint density at radius 2 is 1.80 bits per heavy atom. The van der Waals surface area contributed by atoms with Gasteiger partial charge in [-0.2, -0.15) is 11.8 Å². The maximum atomic E-state index is 12.3. The van der Waals surface area contributed by atoms with E-state index < -0.39 is 0 Å². The molecule has 0 atom stereocenters. The fourth-order valence-corrected chi connectivity index (χ4v) is 4.52. The van der Waals surface area contributed by atoms with Crippen LogP contribution in [0.2, 0.25) is 0 Å². The van der Waals surface area contributed by atoms with Crippen LogP contribution in [0, 0.1) is 0 Å². The molecule has 2 saturated carbocycles. The first-order valence-electron chi connectivity index (χ1n) is 8.18. The van der Waals surface area contributed by atoms with Crippen molar-refractivity contribution in [3.63, 3.8) is 0 Å². The van der Waals surface area contributed by atoms with Gasteiger partial charge >= 0.3 is 0 Å². The van der Waals surface area contributed by atoms with Gasteiger partial charge in [-0.15, -0.1) is 0 Å². The van der Waals surface area contributed by atoms with E-state index in [1.165, 1.54) is 32.1 Å². The maximum Gasteiger partial charge on any atom is 0.222 e. The van der Waals surface area contributed by atoms with Gasteiger partial charge in [0.15, 0.2) is 0 Å². The van der Waals surface area contributed by atoms with Gasteiger partial charge in [0, 0.05) is 23.3 Å². The van der Waals surface area contributed by atoms with Crippen molar-refractivity contribution in [2.75, 3.05) is 13.3 Å². The average molecular weight is 298 g/mol. The SMILES string of the molecule is CNC1(CC(=O)NC2CCC(SC)CC2)CCCCC1. The molecule has 3 nitrogen and oxygen atoms in total. The van der Waals surface area contributed by atoms with E-state index >= 15 is 0 Å². The molecule has 4 heteroatoms. The number of rotatable bonds is 5. The first kappa shape index (κ1) is 16.2. The molecule has 0 heterocycles. The summed E-state index contributed by atoms with van der Waals surface area (Å²) in [6, 6.07) is 0.420. The molecule has 1 amide bonds. The highest BCUT2D eigenvalue weighted by Crippen LogP contribution is 2.31. The zero-order chi connectivity index (χ0) is 14.4. The van der Waals surface area contributed by atoms with E-state index in [1.54, 1.807) is 0 Å². The Balaban J connectivity index is 1.77. The Morgan fingerprint density at radius 1 is 1.15 bits per heavy atom. The molecule has 20 heavy (non-hydrogen) atoms. The molecule has 0 aromatic carbocycles. The van der Waals surface area contributed by atoms with Gasteiger partial charge < -0.3 is 10.6 Å². The Kier molecular flexibility index (Phi) is 6.21. The monoisotopic (exact) mass is 298 g/mol. The minimum absolute atomic E-state index is 0.0683. The third-order valence-electron chi connectivity index (χ3n) is 5.21. The number of amides is 1. The highest BCUT2D eigenvalue weighted by Gasteiger charge is 2.33. The molecule has 0 radical (unpaired) electrons. The molecular weight excluding hydrogens is 268 g/mol. The van der Waals surface area contributed by atoms with Crippen molar-refractivity contribution in [1.82, 2.24) is 10.6 Å². The summed E-state index contributed by atoms with van der Waals surface area (Å²) in [7, 11) is 2.02. The lowest BCUT2D eigenvalue weighted by Crippen LogP contribution is -2.49. The quantitative estimate of drug-likeness (QED) is 0.819. The van der Waals surface area contributed by atoms with E-state index in [2.05, 4.69) is 16.9 Å². The van der Waals surface area contributed by atoms with Crippen molar-refractivity contribution in [3.8, 4) is 0 Å². The fraction of sp³-hybridized carbons (Fsp3) is 0.938. The molecular formula is C16H30N2OS. The molecule has 2 fully saturated rings. The topological polar surface area (TPSA) is 41.1 Å². The molecule has 2 rings (SSSR count). The molecule has 2 aliphatic rings. The summed E-state index contributed by atoms with van der Waals surface area (Å²) in [6.45, 7) is 0. The van der Waals surface area contributed by atoms with Gasteiger partial charge in [-0.25, -0.2) is 0 Å². The zero-order valence-electron chi connectivity index (χ0n) is 13.0. The van der Waals surface area contributed by atoms with Gasteiger partial charge in [-0.05, 0) is 51.8 Å². The van der Waals surface area contributed by atoms with Crippen LogP contribution in [-0.2, 0) is 4.79 Å². The van der Waals surface area contributed by atoms with Crippen LogP contribution in [0.15, 0.2) is 0 Å². The molecule has 0 aromatic heterocycles. The van der Waals surface area contributed by atoms with Crippen LogP contribution in [0.3, 0.4) is 0 Å². The summed E-state index contributed by atoms with van der Waals surface area (Å²) < 4.78 is 0. The Bertz CT molecular complexity index is 308. The number of carbonyl (C=O) groups is 1. The highest BCUT2D eigenvalue weighted by atomic mass is 32.2. The van der Waals surface area contributed by atoms with E-state index in [-0.39, 0.29) is 11.4 Å². The second kappa shape index (κ2) is 7.69. The molecule has 0 aliphatic heterocycles. The second-order valence-electron chi connectivity index (χ2n) is 6.54. The van der Waals surface area contributed by atoms with Crippen LogP contribution in [0.4, 0.5) is 0 Å². The summed E-state index contributed by atoms with van der Waals surface area (Å²) >= 11 is 1.98. The number of hydrogen-bond donors (Lipinski definition) is 2. The van der Waals surface area contributed by atoms with Gasteiger partial charge in [0.1, 0.15) is 0 Å². The molecule has 0 saturated heterocycles. The van der Waals surface area contributed by atoms with Crippen molar-refractivity contribution in [1.29, 1.82) is 0 Å². The van der Waals surface area contributed by atoms with Crippen molar-refractivity contribution < 1.29 is 4.79 Å². The van der Waals surface area contributed by atoms with Crippen molar-refractivity contribution in [2.24, 2.45) is 0 Å². The summed E-state index contributed by atoms with van der Waals surface area (Å²) in [5, 5.41) is 7.53. The van der Waals surface area contributed by atoms with Gasteiger partial charge in [0.05, 0.1) is 0 Å². The first-order valence-corrected chi connectivity index (χ1v) is 9.47. The van der Waals surface area contributed by atoms with Crippen LogP contribution in [-0.4, -0.2) is 36.0 Å². The van der Waals surface area contributed by atoms with Crippen LogP contribution < -0.4 is 10.6 Å². The third kappa shape index (κ3) is 4.39. The minimum atomic E-state index is 0.0683. The Hall–Kier alpha value is -0.220. The van der Waals surface area contributed by atoms with Crippen molar-refractivity contribution in [3.05, 3.63) is 0 Å². The highest BCUT2D eigenvalue weighted by molar-refractivity contribution is 7.99. The molecule has 116 valence electrons. The fourth-order valence-electron chi connectivity index (χ4n) is 3.77. The molecule has 2 aliphatic carbocycles. The number of carbonyl (C=O) groups excluding carboxylic acids is 1. The average Bonchev–Trinajstić information content (AvgIpc) is 2.49. The largest absolute Gasteiger partial charge is 0.353 e. The van der Waals surface area contributed by atoms with E-state index in [4.69, 9.17) is 0 Å². The van der Waals surface area contributed by atoms with Gasteiger partial charge in [0.25, 0.3) is 0 Å². The number of nitrogens with one attached hydrogen (secondary N) is 2. The lowest BCUT2D eigenvalue weighted by molar-refractivity contribution is -0.123. The van der Waals surface area contributed by atoms with Gasteiger partial charge in [-0.1, -0.05) is 19.3 Å². The van der Waals surface area contributed by atoms with Gasteiger partial charge in [0.2, 0.25) is 5.91 Å². The van der Waals surface area contributed by atoms with Gasteiger partial charge in [-0.3, -0.25) is 4.79 Å². The van der Waals surface area contributed by atoms with Crippen molar-refractivity contribution >= 4 is 17.7 Å². The van der Waals surface area contributed by atoms with E-state index in [0.717, 1.165) is 30.9 Å². The van der Waals surface area contributed by atoms with E-state index in [0.29, 0.717) is 12.5 Å². The van der Waals surface area contributed by atoms with E-state index in [1.807, 2.05) is 18.8 Å². The van der Waals surface area contributed by atoms with Crippen LogP contribution in [0.5, 0.6) is 0 Å². The zero-order valence-corrected chi connectivity index (χ0v) is 13.9. The molecule has 0 unspecified atom stereocenters. The molecule has 2 N–H and O–H groups in total. The van der Waals surface area contributed by atoms with Crippen LogP contribution in [0.25, 0.3) is 0 Å². The predicted octanol–water partition coefficient (Wildman–Crippen LogP) is 3.09. The first-order chi connectivity index (χ1) is 9.67. The van der Waals surface area contributed by atoms with Crippen LogP contribution >= 0.6 is 11.8 Å². The smallest absolute Gasteiger partial charge is 0.222 e. The third-order valence-corrected chi connectivity index (χ3v) is 6.35. The summed E-state index contributed by atoms with van der Waals surface area (Å²) in [6.07, 6.45) is 13.8. The van der Waals surface area contributed by atoms with E-state index in [9.17, 15) is 4.79 Å². The maximum absolute atomic E-state index is 12.3. The van der Waals surface area contributed by atoms with Crippen LogP contribution in [0.1, 0.15) is 64.2 Å². The Labute approximate surface area is 128 Å².